The highest BCUT2D eigenvalue weighted by Gasteiger charge is 1.85. The fourth-order valence-corrected chi connectivity index (χ4v) is 0.675. The average molecular weight is 139 g/mol. The number of nitrogens with zero attached hydrogens (tertiary/aromatic N) is 1. The molecule has 0 aliphatic carbocycles. The van der Waals surface area contributed by atoms with E-state index >= 15 is 0 Å². The predicted molar refractivity (Wildman–Crippen MR) is 38.8 cm³/mol. The Kier molecular flexibility index (Phi) is 1.85. The molecule has 0 amide bonds. The Balaban J connectivity index is 3.01. The van der Waals surface area contributed by atoms with Crippen molar-refractivity contribution >= 4 is 17.8 Å². The summed E-state index contributed by atoms with van der Waals surface area (Å²) in [6.07, 6.45) is 1.04. The minimum atomic E-state index is 0.681. The first-order valence-electron chi connectivity index (χ1n) is 2.56. The van der Waals surface area contributed by atoms with E-state index in [9.17, 15) is 0 Å². The molecule has 0 fully saturated rings. The van der Waals surface area contributed by atoms with E-state index in [1.807, 2.05) is 0 Å². The molecule has 0 aliphatic heterocycles. The van der Waals surface area contributed by atoms with Crippen LogP contribution in [0.25, 0.3) is 0 Å². The van der Waals surface area contributed by atoms with Gasteiger partial charge in [0.05, 0.1) is 6.21 Å². The standard InChI is InChI=1S/C7H5ClN/c8-7-3-1-6(5-9)2-4-7/h1-5H. The van der Waals surface area contributed by atoms with E-state index in [2.05, 4.69) is 0 Å². The van der Waals surface area contributed by atoms with Crippen molar-refractivity contribution in [3.63, 3.8) is 0 Å². The zero-order valence-electron chi connectivity index (χ0n) is 4.71. The average Bonchev–Trinajstić information content (AvgIpc) is 1.90. The van der Waals surface area contributed by atoms with Gasteiger partial charge in [0, 0.05) is 5.02 Å². The molecular formula is C7H5ClN. The highest BCUT2D eigenvalue weighted by atomic mass is 35.5. The van der Waals surface area contributed by atoms with Gasteiger partial charge in [0.2, 0.25) is 0 Å². The quantitative estimate of drug-likeness (QED) is 0.526. The summed E-state index contributed by atoms with van der Waals surface area (Å²) >= 11 is 5.57. The first kappa shape index (κ1) is 6.30. The second kappa shape index (κ2) is 2.65. The molecule has 1 nitrogen and oxygen atoms in total. The maximum Gasteiger partial charge on any atom is 0.0568 e. The highest BCUT2D eigenvalue weighted by molar-refractivity contribution is 6.30. The van der Waals surface area contributed by atoms with Crippen LogP contribution in [0.15, 0.2) is 24.3 Å². The molecule has 1 aromatic carbocycles. The third-order valence-corrected chi connectivity index (χ3v) is 1.27. The van der Waals surface area contributed by atoms with E-state index in [1.54, 1.807) is 24.3 Å². The van der Waals surface area contributed by atoms with Gasteiger partial charge in [-0.25, -0.2) is 0 Å². The van der Waals surface area contributed by atoms with Gasteiger partial charge < -0.3 is 0 Å². The summed E-state index contributed by atoms with van der Waals surface area (Å²) < 4.78 is 0. The van der Waals surface area contributed by atoms with Crippen LogP contribution < -0.4 is 5.41 Å². The topological polar surface area (TPSA) is 22.3 Å². The largest absolute Gasteiger partial charge is 0.159 e. The summed E-state index contributed by atoms with van der Waals surface area (Å²) in [6, 6.07) is 6.93. The van der Waals surface area contributed by atoms with Crippen LogP contribution in [0.4, 0.5) is 0 Å². The summed E-state index contributed by atoms with van der Waals surface area (Å²) in [4.78, 5) is 0. The van der Waals surface area contributed by atoms with Crippen molar-refractivity contribution in [2.45, 2.75) is 0 Å². The summed E-state index contributed by atoms with van der Waals surface area (Å²) in [7, 11) is 0. The molecule has 0 saturated heterocycles. The van der Waals surface area contributed by atoms with Crippen molar-refractivity contribution in [3.8, 4) is 0 Å². The second-order valence-electron chi connectivity index (χ2n) is 1.68. The fraction of sp³-hybridized carbons (Fsp3) is 0. The molecule has 0 unspecified atom stereocenters. The van der Waals surface area contributed by atoms with E-state index in [-0.39, 0.29) is 0 Å². The van der Waals surface area contributed by atoms with E-state index in [0.717, 1.165) is 11.8 Å². The minimum absolute atomic E-state index is 0.681. The normalized spacial score (nSPS) is 9.00. The first-order chi connectivity index (χ1) is 4.33. The lowest BCUT2D eigenvalue weighted by Gasteiger charge is -1.88. The van der Waals surface area contributed by atoms with Crippen molar-refractivity contribution in [1.29, 1.82) is 0 Å². The second-order valence-corrected chi connectivity index (χ2v) is 2.12. The van der Waals surface area contributed by atoms with E-state index in [1.165, 1.54) is 0 Å². The van der Waals surface area contributed by atoms with Gasteiger partial charge in [-0.2, -0.15) is 5.41 Å². The highest BCUT2D eigenvalue weighted by Crippen LogP contribution is 2.07. The molecule has 0 bridgehead atoms. The predicted octanol–water partition coefficient (Wildman–Crippen LogP) is 1.56. The summed E-state index contributed by atoms with van der Waals surface area (Å²) in [6.45, 7) is 0. The third-order valence-electron chi connectivity index (χ3n) is 1.02. The summed E-state index contributed by atoms with van der Waals surface area (Å²) in [5.41, 5.74) is 0.763. The molecule has 1 rings (SSSR count). The zero-order chi connectivity index (χ0) is 6.69. The van der Waals surface area contributed by atoms with Crippen molar-refractivity contribution in [2.75, 3.05) is 0 Å². The van der Waals surface area contributed by atoms with Gasteiger partial charge in [-0.05, 0) is 17.7 Å². The van der Waals surface area contributed by atoms with Gasteiger partial charge in [0.15, 0.2) is 0 Å². The van der Waals surface area contributed by atoms with Crippen LogP contribution in [-0.4, -0.2) is 6.21 Å². The van der Waals surface area contributed by atoms with Gasteiger partial charge in [-0.15, -0.1) is 0 Å². The number of rotatable bonds is 1. The van der Waals surface area contributed by atoms with Crippen LogP contribution in [0.3, 0.4) is 0 Å². The van der Waals surface area contributed by atoms with Crippen LogP contribution in [0, 0.1) is 0 Å². The van der Waals surface area contributed by atoms with Gasteiger partial charge in [0.25, 0.3) is 0 Å². The molecule has 0 spiro atoms. The molecule has 1 radical (unpaired) electrons. The lowest BCUT2D eigenvalue weighted by atomic mass is 10.2. The lowest BCUT2D eigenvalue weighted by Crippen LogP contribution is -1.77. The van der Waals surface area contributed by atoms with Gasteiger partial charge in [-0.3, -0.25) is 0 Å². The molecule has 0 N–H and O–H groups in total. The summed E-state index contributed by atoms with van der Waals surface area (Å²) in [5, 5.41) is 9.14. The zero-order valence-corrected chi connectivity index (χ0v) is 5.47. The van der Waals surface area contributed by atoms with E-state index < -0.39 is 0 Å². The Labute approximate surface area is 58.8 Å². The number of benzene rings is 1. The van der Waals surface area contributed by atoms with Crippen molar-refractivity contribution in [1.82, 2.24) is 5.41 Å². The molecule has 1 aromatic rings. The van der Waals surface area contributed by atoms with Crippen LogP contribution in [-0.2, 0) is 0 Å². The molecule has 2 heteroatoms. The molecule has 0 aliphatic rings. The molecule has 9 heavy (non-hydrogen) atoms. The van der Waals surface area contributed by atoms with Crippen LogP contribution in [0.1, 0.15) is 5.56 Å². The van der Waals surface area contributed by atoms with Crippen LogP contribution in [0.5, 0.6) is 0 Å². The van der Waals surface area contributed by atoms with Crippen molar-refractivity contribution in [2.24, 2.45) is 0 Å². The lowest BCUT2D eigenvalue weighted by molar-refractivity contribution is 1.66. The molecule has 45 valence electrons. The Bertz CT molecular complexity index is 203. The van der Waals surface area contributed by atoms with Crippen LogP contribution >= 0.6 is 11.6 Å². The molecule has 0 saturated carbocycles. The molecule has 0 heterocycles. The summed E-state index contributed by atoms with van der Waals surface area (Å²) in [5.74, 6) is 0. The van der Waals surface area contributed by atoms with Gasteiger partial charge >= 0.3 is 0 Å². The number of hydrogen-bond acceptors (Lipinski definition) is 0. The monoisotopic (exact) mass is 138 g/mol. The minimum Gasteiger partial charge on any atom is -0.159 e. The Morgan fingerprint density at radius 1 is 1.22 bits per heavy atom. The van der Waals surface area contributed by atoms with Gasteiger partial charge in [0.1, 0.15) is 0 Å². The smallest absolute Gasteiger partial charge is 0.0568 e. The van der Waals surface area contributed by atoms with Crippen molar-refractivity contribution in [3.05, 3.63) is 34.9 Å². The van der Waals surface area contributed by atoms with Crippen molar-refractivity contribution < 1.29 is 0 Å². The molecular weight excluding hydrogens is 134 g/mol. The number of hydrogen-bond donors (Lipinski definition) is 0. The maximum absolute atomic E-state index is 8.46. The van der Waals surface area contributed by atoms with Gasteiger partial charge in [-0.1, -0.05) is 23.7 Å². The van der Waals surface area contributed by atoms with E-state index in [4.69, 9.17) is 17.0 Å². The fourth-order valence-electron chi connectivity index (χ4n) is 0.549. The Hall–Kier alpha value is -0.820. The maximum atomic E-state index is 8.46. The Morgan fingerprint density at radius 2 is 1.78 bits per heavy atom. The molecule has 0 atom stereocenters. The Morgan fingerprint density at radius 3 is 2.22 bits per heavy atom. The molecule has 0 aromatic heterocycles. The van der Waals surface area contributed by atoms with E-state index in [0.29, 0.717) is 5.02 Å². The first-order valence-corrected chi connectivity index (χ1v) is 2.94. The number of halogens is 1. The van der Waals surface area contributed by atoms with Crippen LogP contribution in [0.2, 0.25) is 5.02 Å². The third kappa shape index (κ3) is 1.54. The SMILES string of the molecule is [N]=Cc1ccc(Cl)cc1.